The fourth-order valence-corrected chi connectivity index (χ4v) is 8.15. The molecule has 3 heterocycles. The number of ether oxygens (including phenoxy) is 5. The molecule has 0 saturated carbocycles. The Balaban J connectivity index is 1.23. The Morgan fingerprint density at radius 2 is 1.79 bits per heavy atom. The second-order valence-corrected chi connectivity index (χ2v) is 16.2. The molecule has 1 amide bonds. The molecule has 1 aromatic heterocycles. The average Bonchev–Trinajstić information content (AvgIpc) is 3.72. The van der Waals surface area contributed by atoms with Crippen LogP contribution in [0.3, 0.4) is 0 Å². The Morgan fingerprint density at radius 3 is 2.43 bits per heavy atom. The summed E-state index contributed by atoms with van der Waals surface area (Å²) in [6.45, 7) is 2.88. The smallest absolute Gasteiger partial charge is 0.422 e. The van der Waals surface area contributed by atoms with Gasteiger partial charge in [0, 0.05) is 54.6 Å². The van der Waals surface area contributed by atoms with E-state index in [0.29, 0.717) is 6.07 Å². The topological polar surface area (TPSA) is 219 Å². The van der Waals surface area contributed by atoms with E-state index in [4.69, 9.17) is 33.5 Å². The maximum atomic E-state index is 15.8. The van der Waals surface area contributed by atoms with Crippen molar-refractivity contribution >= 4 is 46.3 Å². The van der Waals surface area contributed by atoms with Crippen molar-refractivity contribution in [3.8, 4) is 6.07 Å². The lowest BCUT2D eigenvalue weighted by Crippen LogP contribution is -2.47. The van der Waals surface area contributed by atoms with Crippen LogP contribution in [0.5, 0.6) is 0 Å². The summed E-state index contributed by atoms with van der Waals surface area (Å²) in [6.07, 6.45) is 6.12. The van der Waals surface area contributed by atoms with Gasteiger partial charge in [-0.25, -0.2) is 36.6 Å². The van der Waals surface area contributed by atoms with Gasteiger partial charge in [-0.05, 0) is 50.1 Å². The number of likely N-dealkylation sites (tertiary alicyclic amines) is 1. The third-order valence-corrected chi connectivity index (χ3v) is 11.1. The van der Waals surface area contributed by atoms with Crippen LogP contribution < -0.4 is 0 Å². The molecule has 22 heteroatoms. The SMILES string of the molecule is CC(OC(=O)C=CC(=O)N1CCC(OS(=O)(=O)O)CC1)OC(=O)OC(Cn1cncn1)(c1ccc(F)cc1F)C(C)SC1COC(C=CC=Cc2ccc(C#N)cc2F)OC1. The predicted octanol–water partition coefficient (Wildman–Crippen LogP) is 5.00. The number of esters is 1. The first-order chi connectivity index (χ1) is 29.0. The molecule has 2 saturated heterocycles. The van der Waals surface area contributed by atoms with Crippen LogP contribution in [0.4, 0.5) is 18.0 Å². The van der Waals surface area contributed by atoms with E-state index in [0.717, 1.165) is 30.4 Å². The number of nitrogens with zero attached hydrogens (tertiary/aromatic N) is 5. The minimum Gasteiger partial charge on any atom is -0.422 e. The van der Waals surface area contributed by atoms with Crippen LogP contribution in [0.1, 0.15) is 43.4 Å². The third-order valence-electron chi connectivity index (χ3n) is 9.16. The number of benzene rings is 2. The van der Waals surface area contributed by atoms with Crippen molar-refractivity contribution in [2.45, 2.75) is 68.0 Å². The molecule has 2 aliphatic heterocycles. The number of hydrogen-bond acceptors (Lipinski definition) is 15. The van der Waals surface area contributed by atoms with Crippen LogP contribution >= 0.6 is 11.8 Å². The number of carbonyl (C=O) groups excluding carboxylic acids is 3. The molecule has 0 bridgehead atoms. The van der Waals surface area contributed by atoms with E-state index < -0.39 is 80.7 Å². The lowest BCUT2D eigenvalue weighted by atomic mass is 9.89. The largest absolute Gasteiger partial charge is 0.512 e. The van der Waals surface area contributed by atoms with E-state index in [2.05, 4.69) is 14.3 Å². The molecule has 2 aliphatic rings. The molecular weight excluding hydrogens is 852 g/mol. The van der Waals surface area contributed by atoms with Crippen LogP contribution in [0, 0.1) is 28.8 Å². The Hall–Kier alpha value is -5.57. The maximum Gasteiger partial charge on any atom is 0.512 e. The van der Waals surface area contributed by atoms with E-state index >= 15 is 4.39 Å². The van der Waals surface area contributed by atoms with Crippen LogP contribution in [0.2, 0.25) is 0 Å². The van der Waals surface area contributed by atoms with Gasteiger partial charge in [0.1, 0.15) is 30.1 Å². The Bertz CT molecular complexity index is 2260. The van der Waals surface area contributed by atoms with Gasteiger partial charge in [-0.2, -0.15) is 18.8 Å². The zero-order chi connectivity index (χ0) is 44.2. The van der Waals surface area contributed by atoms with Gasteiger partial charge < -0.3 is 28.6 Å². The highest BCUT2D eigenvalue weighted by molar-refractivity contribution is 8.00. The molecule has 0 spiro atoms. The van der Waals surface area contributed by atoms with Crippen molar-refractivity contribution in [3.63, 3.8) is 0 Å². The predicted molar refractivity (Wildman–Crippen MR) is 208 cm³/mol. The second kappa shape index (κ2) is 21.3. The second-order valence-electron chi connectivity index (χ2n) is 13.5. The standard InChI is InChI=1S/C39H40F3N5O12S2/c1-25(60-31-20-54-37(55-21-31)6-4-3-5-28-8-7-27(19-43)17-33(28)41)39(22-47-24-44-23-45-47,32-10-9-29(40)18-34(32)42)58-38(50)57-26(2)56-36(49)12-11-35(48)46-15-13-30(14-16-46)59-61(51,52)53/h3-12,17-18,23-26,30-31,37H,13-16,20-22H2,1-2H3,(H,51,52,53). The van der Waals surface area contributed by atoms with Gasteiger partial charge in [-0.3, -0.25) is 9.35 Å². The summed E-state index contributed by atoms with van der Waals surface area (Å²) < 4.78 is 109. The Kier molecular flexibility index (Phi) is 16.2. The zero-order valence-electron chi connectivity index (χ0n) is 32.5. The van der Waals surface area contributed by atoms with E-state index in [1.54, 1.807) is 25.2 Å². The molecule has 0 aliphatic carbocycles. The first-order valence-corrected chi connectivity index (χ1v) is 20.8. The summed E-state index contributed by atoms with van der Waals surface area (Å²) in [5.41, 5.74) is -1.75. The highest BCUT2D eigenvalue weighted by Gasteiger charge is 2.47. The Labute approximate surface area is 352 Å². The average molecular weight is 892 g/mol. The van der Waals surface area contributed by atoms with Crippen molar-refractivity contribution in [2.75, 3.05) is 26.3 Å². The van der Waals surface area contributed by atoms with Crippen molar-refractivity contribution < 1.29 is 68.4 Å². The van der Waals surface area contributed by atoms with E-state index in [-0.39, 0.29) is 62.4 Å². The summed E-state index contributed by atoms with van der Waals surface area (Å²) in [4.78, 5) is 43.9. The number of allylic oxidation sites excluding steroid dienone is 2. The van der Waals surface area contributed by atoms with Crippen LogP contribution in [-0.2, 0) is 60.0 Å². The van der Waals surface area contributed by atoms with Gasteiger partial charge >= 0.3 is 22.5 Å². The summed E-state index contributed by atoms with van der Waals surface area (Å²) in [6, 6.07) is 8.70. The molecule has 3 aromatic rings. The number of amides is 1. The number of aromatic nitrogens is 3. The normalized spacial score (nSPS) is 19.7. The van der Waals surface area contributed by atoms with E-state index in [1.807, 2.05) is 6.07 Å². The van der Waals surface area contributed by atoms with Crippen molar-refractivity contribution in [1.82, 2.24) is 19.7 Å². The number of piperidine rings is 1. The Morgan fingerprint density at radius 1 is 1.05 bits per heavy atom. The number of nitriles is 1. The number of thioether (sulfide) groups is 1. The number of rotatable bonds is 16. The molecule has 17 nitrogen and oxygen atoms in total. The van der Waals surface area contributed by atoms with Gasteiger partial charge in [-0.15, -0.1) is 11.8 Å². The van der Waals surface area contributed by atoms with Gasteiger partial charge in [0.2, 0.25) is 12.2 Å². The molecule has 5 rings (SSSR count). The molecule has 61 heavy (non-hydrogen) atoms. The van der Waals surface area contributed by atoms with Crippen molar-refractivity contribution in [3.05, 3.63) is 114 Å². The zero-order valence-corrected chi connectivity index (χ0v) is 34.2. The molecule has 3 unspecified atom stereocenters. The molecule has 0 radical (unpaired) electrons. The lowest BCUT2D eigenvalue weighted by Gasteiger charge is -2.40. The van der Waals surface area contributed by atoms with Gasteiger partial charge in [-0.1, -0.05) is 24.3 Å². The molecular formula is C39H40F3N5O12S2. The number of carbonyl (C=O) groups is 3. The van der Waals surface area contributed by atoms with Crippen molar-refractivity contribution in [2.24, 2.45) is 0 Å². The van der Waals surface area contributed by atoms with Gasteiger partial charge in [0.05, 0.1) is 42.7 Å². The molecule has 2 fully saturated rings. The lowest BCUT2D eigenvalue weighted by molar-refractivity contribution is -0.166. The molecule has 3 atom stereocenters. The summed E-state index contributed by atoms with van der Waals surface area (Å²) in [5.74, 6) is -4.19. The third kappa shape index (κ3) is 13.7. The van der Waals surface area contributed by atoms with E-state index in [9.17, 15) is 31.6 Å². The first-order valence-electron chi connectivity index (χ1n) is 18.5. The molecule has 326 valence electrons. The highest BCUT2D eigenvalue weighted by Crippen LogP contribution is 2.42. The summed E-state index contributed by atoms with van der Waals surface area (Å²) in [7, 11) is -4.65. The van der Waals surface area contributed by atoms with Crippen LogP contribution in [0.15, 0.2) is 79.4 Å². The molecule has 1 N–H and O–H groups in total. The van der Waals surface area contributed by atoms with Crippen LogP contribution in [-0.4, -0.2) is 106 Å². The number of hydrogen-bond donors (Lipinski definition) is 1. The van der Waals surface area contributed by atoms with Crippen LogP contribution in [0.25, 0.3) is 6.08 Å². The fraction of sp³-hybridized carbons (Fsp3) is 0.385. The minimum atomic E-state index is -4.65. The summed E-state index contributed by atoms with van der Waals surface area (Å²) in [5, 5.41) is 11.8. The number of halogens is 3. The van der Waals surface area contributed by atoms with Crippen molar-refractivity contribution in [1.29, 1.82) is 5.26 Å². The first kappa shape index (κ1) is 46.5. The highest BCUT2D eigenvalue weighted by atomic mass is 32.3. The molecule has 2 aromatic carbocycles. The minimum absolute atomic E-state index is 0.0783. The van der Waals surface area contributed by atoms with Gasteiger partial charge in [0.15, 0.2) is 11.9 Å². The van der Waals surface area contributed by atoms with Gasteiger partial charge in [0.25, 0.3) is 0 Å². The summed E-state index contributed by atoms with van der Waals surface area (Å²) >= 11 is 1.20. The monoisotopic (exact) mass is 891 g/mol. The maximum absolute atomic E-state index is 15.8. The van der Waals surface area contributed by atoms with E-state index in [1.165, 1.54) is 59.1 Å². The fourth-order valence-electron chi connectivity index (χ4n) is 6.25. The quantitative estimate of drug-likeness (QED) is 0.0657.